The number of amides is 2. The first-order valence-corrected chi connectivity index (χ1v) is 9.07. The molecule has 0 unspecified atom stereocenters. The third-order valence-electron chi connectivity index (χ3n) is 5.33. The molecule has 8 nitrogen and oxygen atoms in total. The maximum atomic E-state index is 11.9. The van der Waals surface area contributed by atoms with Gasteiger partial charge in [-0.05, 0) is 26.2 Å². The Hall–Kier alpha value is -1.48. The fraction of sp³-hybridized carbons (Fsp3) is 0.778. The van der Waals surface area contributed by atoms with Gasteiger partial charge in [0.1, 0.15) is 12.7 Å². The predicted molar refractivity (Wildman–Crippen MR) is 96.6 cm³/mol. The lowest BCUT2D eigenvalue weighted by atomic mass is 9.73. The number of piperidine rings is 1. The van der Waals surface area contributed by atoms with Crippen molar-refractivity contribution in [3.8, 4) is 0 Å². The molecular weight excluding hydrogens is 338 g/mol. The van der Waals surface area contributed by atoms with Crippen LogP contribution in [0.3, 0.4) is 0 Å². The maximum Gasteiger partial charge on any atom is 0.246 e. The Labute approximate surface area is 154 Å². The molecular formula is C18H31N3O5. The van der Waals surface area contributed by atoms with Crippen molar-refractivity contribution in [2.45, 2.75) is 43.4 Å². The van der Waals surface area contributed by atoms with E-state index in [4.69, 9.17) is 9.47 Å². The SMILES string of the molecule is C=CCNC(=O)CN1CCC2(CC1)OCC[C@@](C)(NC(=O)COC)[C@@H]2O. The van der Waals surface area contributed by atoms with E-state index in [0.29, 0.717) is 52.0 Å². The number of rotatable bonds is 7. The van der Waals surface area contributed by atoms with Crippen molar-refractivity contribution in [2.24, 2.45) is 0 Å². The zero-order valence-corrected chi connectivity index (χ0v) is 15.8. The monoisotopic (exact) mass is 369 g/mol. The van der Waals surface area contributed by atoms with Crippen LogP contribution in [0.2, 0.25) is 0 Å². The Morgan fingerprint density at radius 3 is 2.65 bits per heavy atom. The molecule has 2 rings (SSSR count). The molecule has 0 aliphatic carbocycles. The molecule has 2 aliphatic heterocycles. The standard InChI is InChI=1S/C18H31N3O5/c1-4-8-19-14(22)12-21-9-5-18(6-10-21)16(24)17(2,7-11-26-18)20-15(23)13-25-3/h4,16,24H,1,5-13H2,2-3H3,(H,19,22)(H,20,23)/t16-,17+/m0/s1. The van der Waals surface area contributed by atoms with E-state index in [9.17, 15) is 14.7 Å². The smallest absolute Gasteiger partial charge is 0.246 e. The lowest BCUT2D eigenvalue weighted by molar-refractivity contribution is -0.208. The summed E-state index contributed by atoms with van der Waals surface area (Å²) in [6, 6.07) is 0. The fourth-order valence-corrected chi connectivity index (χ4v) is 3.83. The van der Waals surface area contributed by atoms with E-state index >= 15 is 0 Å². The van der Waals surface area contributed by atoms with Crippen molar-refractivity contribution in [2.75, 3.05) is 46.5 Å². The first kappa shape index (κ1) is 20.8. The lowest BCUT2D eigenvalue weighted by Gasteiger charge is -2.53. The van der Waals surface area contributed by atoms with E-state index in [1.165, 1.54) is 7.11 Å². The molecule has 2 amide bonds. The fourth-order valence-electron chi connectivity index (χ4n) is 3.83. The number of ether oxygens (including phenoxy) is 2. The summed E-state index contributed by atoms with van der Waals surface area (Å²) in [5.41, 5.74) is -1.45. The van der Waals surface area contributed by atoms with Crippen molar-refractivity contribution in [3.63, 3.8) is 0 Å². The molecule has 2 heterocycles. The van der Waals surface area contributed by atoms with Crippen LogP contribution >= 0.6 is 0 Å². The number of nitrogens with zero attached hydrogens (tertiary/aromatic N) is 1. The topological polar surface area (TPSA) is 100 Å². The zero-order valence-electron chi connectivity index (χ0n) is 15.8. The Morgan fingerprint density at radius 1 is 1.35 bits per heavy atom. The van der Waals surface area contributed by atoms with Crippen LogP contribution in [0.4, 0.5) is 0 Å². The quantitative estimate of drug-likeness (QED) is 0.520. The van der Waals surface area contributed by atoms with Crippen LogP contribution in [0.1, 0.15) is 26.2 Å². The van der Waals surface area contributed by atoms with Gasteiger partial charge in [0.2, 0.25) is 11.8 Å². The van der Waals surface area contributed by atoms with Gasteiger partial charge in [-0.3, -0.25) is 14.5 Å². The van der Waals surface area contributed by atoms with Gasteiger partial charge in [-0.15, -0.1) is 6.58 Å². The number of nitrogens with one attached hydrogen (secondary N) is 2. The normalized spacial score (nSPS) is 28.5. The number of methoxy groups -OCH3 is 1. The Bertz CT molecular complexity index is 519. The molecule has 1 spiro atoms. The van der Waals surface area contributed by atoms with Gasteiger partial charge in [0, 0.05) is 33.4 Å². The largest absolute Gasteiger partial charge is 0.388 e. The summed E-state index contributed by atoms with van der Waals surface area (Å²) in [7, 11) is 1.46. The molecule has 148 valence electrons. The lowest BCUT2D eigenvalue weighted by Crippen LogP contribution is -2.69. The molecule has 0 aromatic heterocycles. The summed E-state index contributed by atoms with van der Waals surface area (Å²) < 4.78 is 10.9. The number of aliphatic hydroxyl groups is 1. The third kappa shape index (κ3) is 4.82. The van der Waals surface area contributed by atoms with Crippen LogP contribution in [-0.4, -0.2) is 85.6 Å². The van der Waals surface area contributed by atoms with Crippen LogP contribution in [0.5, 0.6) is 0 Å². The highest BCUT2D eigenvalue weighted by atomic mass is 16.5. The highest BCUT2D eigenvalue weighted by Gasteiger charge is 2.53. The van der Waals surface area contributed by atoms with Crippen LogP contribution in [-0.2, 0) is 19.1 Å². The van der Waals surface area contributed by atoms with Crippen molar-refractivity contribution < 1.29 is 24.2 Å². The number of likely N-dealkylation sites (tertiary alicyclic amines) is 1. The van der Waals surface area contributed by atoms with Crippen LogP contribution in [0, 0.1) is 0 Å². The van der Waals surface area contributed by atoms with E-state index in [-0.39, 0.29) is 18.4 Å². The minimum Gasteiger partial charge on any atom is -0.388 e. The third-order valence-corrected chi connectivity index (χ3v) is 5.33. The van der Waals surface area contributed by atoms with Crippen LogP contribution in [0.15, 0.2) is 12.7 Å². The van der Waals surface area contributed by atoms with Gasteiger partial charge < -0.3 is 25.2 Å². The first-order chi connectivity index (χ1) is 12.3. The summed E-state index contributed by atoms with van der Waals surface area (Å²) in [6.45, 7) is 7.95. The summed E-state index contributed by atoms with van der Waals surface area (Å²) in [4.78, 5) is 25.8. The van der Waals surface area contributed by atoms with E-state index in [1.54, 1.807) is 6.08 Å². The van der Waals surface area contributed by atoms with E-state index in [0.717, 1.165) is 0 Å². The highest BCUT2D eigenvalue weighted by molar-refractivity contribution is 5.78. The summed E-state index contributed by atoms with van der Waals surface area (Å²) in [5.74, 6) is -0.287. The molecule has 8 heteroatoms. The van der Waals surface area contributed by atoms with Crippen molar-refractivity contribution in [1.29, 1.82) is 0 Å². The van der Waals surface area contributed by atoms with Crippen molar-refractivity contribution in [3.05, 3.63) is 12.7 Å². The summed E-state index contributed by atoms with van der Waals surface area (Å²) in [5, 5.41) is 16.7. The van der Waals surface area contributed by atoms with Crippen molar-refractivity contribution >= 4 is 11.8 Å². The molecule has 2 atom stereocenters. The van der Waals surface area contributed by atoms with Gasteiger partial charge in [0.05, 0.1) is 17.7 Å². The van der Waals surface area contributed by atoms with E-state index in [1.807, 2.05) is 6.92 Å². The highest BCUT2D eigenvalue weighted by Crippen LogP contribution is 2.39. The van der Waals surface area contributed by atoms with Crippen molar-refractivity contribution in [1.82, 2.24) is 15.5 Å². The van der Waals surface area contributed by atoms with Gasteiger partial charge in [0.15, 0.2) is 0 Å². The Balaban J connectivity index is 1.94. The number of hydrogen-bond donors (Lipinski definition) is 3. The molecule has 0 aromatic rings. The molecule has 0 aromatic carbocycles. The first-order valence-electron chi connectivity index (χ1n) is 9.07. The second-order valence-electron chi connectivity index (χ2n) is 7.33. The number of aliphatic hydroxyl groups excluding tert-OH is 1. The van der Waals surface area contributed by atoms with Gasteiger partial charge >= 0.3 is 0 Å². The molecule has 2 saturated heterocycles. The number of carbonyl (C=O) groups is 2. The maximum absolute atomic E-state index is 11.9. The molecule has 2 fully saturated rings. The molecule has 0 saturated carbocycles. The van der Waals surface area contributed by atoms with Gasteiger partial charge in [-0.25, -0.2) is 0 Å². The van der Waals surface area contributed by atoms with Gasteiger partial charge in [-0.2, -0.15) is 0 Å². The molecule has 0 radical (unpaired) electrons. The minimum absolute atomic E-state index is 0.0379. The average Bonchev–Trinajstić information content (AvgIpc) is 2.60. The van der Waals surface area contributed by atoms with E-state index in [2.05, 4.69) is 22.1 Å². The molecule has 2 aliphatic rings. The van der Waals surface area contributed by atoms with Crippen LogP contribution < -0.4 is 10.6 Å². The second kappa shape index (κ2) is 8.94. The molecule has 3 N–H and O–H groups in total. The minimum atomic E-state index is -0.818. The van der Waals surface area contributed by atoms with Crippen LogP contribution in [0.25, 0.3) is 0 Å². The van der Waals surface area contributed by atoms with Gasteiger partial charge in [-0.1, -0.05) is 6.08 Å². The van der Waals surface area contributed by atoms with E-state index < -0.39 is 17.2 Å². The zero-order chi connectivity index (χ0) is 19.2. The number of carbonyl (C=O) groups excluding carboxylic acids is 2. The van der Waals surface area contributed by atoms with Gasteiger partial charge in [0.25, 0.3) is 0 Å². The number of hydrogen-bond acceptors (Lipinski definition) is 6. The summed E-state index contributed by atoms with van der Waals surface area (Å²) in [6.07, 6.45) is 2.59. The molecule has 26 heavy (non-hydrogen) atoms. The second-order valence-corrected chi connectivity index (χ2v) is 7.33. The average molecular weight is 369 g/mol. The molecule has 0 bridgehead atoms. The Morgan fingerprint density at radius 2 is 2.04 bits per heavy atom. The predicted octanol–water partition coefficient (Wildman–Crippen LogP) is -0.574. The Kier molecular flexibility index (Phi) is 7.16. The summed E-state index contributed by atoms with van der Waals surface area (Å²) >= 11 is 0.